The molecule has 0 fully saturated rings. The van der Waals surface area contributed by atoms with E-state index in [2.05, 4.69) is 0 Å². The number of rotatable bonds is 6. The maximum Gasteiger partial charge on any atom is 0.384 e. The third-order valence-corrected chi connectivity index (χ3v) is 4.04. The molecule has 0 rings (SSSR count). The van der Waals surface area contributed by atoms with Crippen molar-refractivity contribution in [2.75, 3.05) is 0 Å². The van der Waals surface area contributed by atoms with Crippen LogP contribution in [0.4, 0.5) is 0 Å². The Bertz CT molecular complexity index is 218. The summed E-state index contributed by atoms with van der Waals surface area (Å²) < 4.78 is 10.6. The van der Waals surface area contributed by atoms with E-state index in [1.807, 2.05) is 6.92 Å². The van der Waals surface area contributed by atoms with Gasteiger partial charge in [-0.25, -0.2) is 4.57 Å². The van der Waals surface area contributed by atoms with Gasteiger partial charge in [-0.1, -0.05) is 19.8 Å². The highest BCUT2D eigenvalue weighted by molar-refractivity contribution is 8.55. The molecule has 0 aromatic heterocycles. The van der Waals surface area contributed by atoms with Gasteiger partial charge in [-0.05, 0) is 17.8 Å². The standard InChI is InChI=1S/C6H15N2O3PS/c1-2-3-4-5(6(7)8)13-12(9,10)11/h5H,2-4H2,1H3,(H3,7,8)(H2,9,10,11). The lowest BCUT2D eigenvalue weighted by molar-refractivity contribution is 0.396. The van der Waals surface area contributed by atoms with Crippen molar-refractivity contribution in [2.45, 2.75) is 31.4 Å². The number of unbranched alkanes of at least 4 members (excludes halogenated alkanes) is 1. The third kappa shape index (κ3) is 7.07. The van der Waals surface area contributed by atoms with Crippen molar-refractivity contribution in [2.24, 2.45) is 5.73 Å². The molecule has 0 saturated carbocycles. The molecule has 0 saturated heterocycles. The maximum atomic E-state index is 10.6. The van der Waals surface area contributed by atoms with E-state index in [0.717, 1.165) is 12.8 Å². The largest absolute Gasteiger partial charge is 0.387 e. The van der Waals surface area contributed by atoms with E-state index in [9.17, 15) is 4.57 Å². The lowest BCUT2D eigenvalue weighted by Gasteiger charge is -2.14. The van der Waals surface area contributed by atoms with E-state index < -0.39 is 12.0 Å². The first kappa shape index (κ1) is 13.0. The van der Waals surface area contributed by atoms with E-state index in [1.165, 1.54) is 0 Å². The van der Waals surface area contributed by atoms with Crippen LogP contribution in [0.25, 0.3) is 0 Å². The van der Waals surface area contributed by atoms with Crippen LogP contribution >= 0.6 is 18.2 Å². The highest BCUT2D eigenvalue weighted by Gasteiger charge is 2.24. The fraction of sp³-hybridized carbons (Fsp3) is 0.833. The Morgan fingerprint density at radius 1 is 1.69 bits per heavy atom. The minimum absolute atomic E-state index is 0.165. The van der Waals surface area contributed by atoms with Gasteiger partial charge in [0.05, 0.1) is 5.25 Å². The monoisotopic (exact) mass is 226 g/mol. The smallest absolute Gasteiger partial charge is 0.384 e. The fourth-order valence-corrected chi connectivity index (χ4v) is 3.19. The van der Waals surface area contributed by atoms with Crippen LogP contribution in [0.3, 0.4) is 0 Å². The van der Waals surface area contributed by atoms with Gasteiger partial charge in [0.15, 0.2) is 0 Å². The van der Waals surface area contributed by atoms with Crippen molar-refractivity contribution in [3.05, 3.63) is 0 Å². The van der Waals surface area contributed by atoms with Crippen LogP contribution in [0.1, 0.15) is 26.2 Å². The van der Waals surface area contributed by atoms with Crippen molar-refractivity contribution < 1.29 is 14.4 Å². The second kappa shape index (κ2) is 5.65. The summed E-state index contributed by atoms with van der Waals surface area (Å²) in [6.07, 6.45) is 2.28. The molecule has 13 heavy (non-hydrogen) atoms. The minimum atomic E-state index is -4.12. The highest BCUT2D eigenvalue weighted by atomic mass is 32.7. The zero-order valence-corrected chi connectivity index (χ0v) is 9.15. The molecule has 5 nitrogen and oxygen atoms in total. The Morgan fingerprint density at radius 2 is 2.23 bits per heavy atom. The van der Waals surface area contributed by atoms with Crippen LogP contribution in [0.15, 0.2) is 0 Å². The Kier molecular flexibility index (Phi) is 5.64. The molecular formula is C6H15N2O3PS. The zero-order chi connectivity index (χ0) is 10.5. The van der Waals surface area contributed by atoms with Crippen molar-refractivity contribution in [3.63, 3.8) is 0 Å². The summed E-state index contributed by atoms with van der Waals surface area (Å²) >= 11 is 0.467. The molecule has 0 aromatic carbocycles. The molecular weight excluding hydrogens is 211 g/mol. The van der Waals surface area contributed by atoms with Gasteiger partial charge in [0.25, 0.3) is 0 Å². The molecule has 0 spiro atoms. The summed E-state index contributed by atoms with van der Waals surface area (Å²) in [6.45, 7) is -2.15. The van der Waals surface area contributed by atoms with Crippen molar-refractivity contribution in [3.8, 4) is 0 Å². The molecule has 0 radical (unpaired) electrons. The molecule has 1 unspecified atom stereocenters. The van der Waals surface area contributed by atoms with Crippen LogP contribution in [0.2, 0.25) is 0 Å². The lowest BCUT2D eigenvalue weighted by Crippen LogP contribution is -2.24. The molecule has 0 aromatic rings. The molecule has 0 heterocycles. The molecule has 5 N–H and O–H groups in total. The van der Waals surface area contributed by atoms with Crippen LogP contribution in [-0.2, 0) is 4.57 Å². The molecule has 0 bridgehead atoms. The molecule has 0 aliphatic carbocycles. The summed E-state index contributed by atoms with van der Waals surface area (Å²) in [7, 11) is 0. The zero-order valence-electron chi connectivity index (χ0n) is 7.43. The van der Waals surface area contributed by atoms with Crippen LogP contribution in [-0.4, -0.2) is 20.9 Å². The van der Waals surface area contributed by atoms with Gasteiger partial charge in [-0.2, -0.15) is 0 Å². The van der Waals surface area contributed by atoms with Crippen molar-refractivity contribution in [1.82, 2.24) is 0 Å². The fourth-order valence-electron chi connectivity index (χ4n) is 0.820. The van der Waals surface area contributed by atoms with Gasteiger partial charge in [0.1, 0.15) is 5.84 Å². The summed E-state index contributed by atoms with van der Waals surface area (Å²) in [4.78, 5) is 17.3. The number of hydrogen-bond acceptors (Lipinski definition) is 3. The van der Waals surface area contributed by atoms with E-state index in [0.29, 0.717) is 17.8 Å². The van der Waals surface area contributed by atoms with Gasteiger partial charge in [-0.3, -0.25) is 5.41 Å². The SMILES string of the molecule is CCCCC(SP(=O)(O)O)C(=N)N. The van der Waals surface area contributed by atoms with Gasteiger partial charge in [-0.15, -0.1) is 0 Å². The average molecular weight is 226 g/mol. The van der Waals surface area contributed by atoms with Crippen LogP contribution in [0, 0.1) is 5.41 Å². The number of hydrogen-bond donors (Lipinski definition) is 4. The first-order valence-corrected chi connectivity index (χ1v) is 7.04. The highest BCUT2D eigenvalue weighted by Crippen LogP contribution is 2.53. The molecule has 7 heteroatoms. The minimum Gasteiger partial charge on any atom is -0.387 e. The van der Waals surface area contributed by atoms with Gasteiger partial charge in [0.2, 0.25) is 0 Å². The van der Waals surface area contributed by atoms with Crippen molar-refractivity contribution >= 4 is 24.0 Å². The van der Waals surface area contributed by atoms with Gasteiger partial charge >= 0.3 is 6.80 Å². The second-order valence-electron chi connectivity index (χ2n) is 2.68. The van der Waals surface area contributed by atoms with Crippen molar-refractivity contribution in [1.29, 1.82) is 5.41 Å². The van der Waals surface area contributed by atoms with E-state index in [1.54, 1.807) is 0 Å². The Labute approximate surface area is 81.5 Å². The normalized spacial score (nSPS) is 14.1. The van der Waals surface area contributed by atoms with Gasteiger partial charge < -0.3 is 15.5 Å². The van der Waals surface area contributed by atoms with Gasteiger partial charge in [0, 0.05) is 0 Å². The summed E-state index contributed by atoms with van der Waals surface area (Å²) in [6, 6.07) is 0. The Morgan fingerprint density at radius 3 is 2.54 bits per heavy atom. The predicted octanol–water partition coefficient (Wildman–Crippen LogP) is 1.31. The van der Waals surface area contributed by atoms with E-state index in [4.69, 9.17) is 20.9 Å². The summed E-state index contributed by atoms with van der Waals surface area (Å²) in [5.74, 6) is -0.165. The number of nitrogens with one attached hydrogen (secondary N) is 1. The van der Waals surface area contributed by atoms with Crippen LogP contribution in [0.5, 0.6) is 0 Å². The van der Waals surface area contributed by atoms with E-state index >= 15 is 0 Å². The molecule has 78 valence electrons. The van der Waals surface area contributed by atoms with E-state index in [-0.39, 0.29) is 5.84 Å². The predicted molar refractivity (Wildman–Crippen MR) is 54.9 cm³/mol. The Hall–Kier alpha value is -0.0300. The molecule has 0 amide bonds. The molecule has 0 aliphatic rings. The molecule has 1 atom stereocenters. The maximum absolute atomic E-state index is 10.6. The first-order valence-electron chi connectivity index (χ1n) is 3.94. The number of nitrogens with two attached hydrogens (primary N) is 1. The Balaban J connectivity index is 4.11. The molecule has 0 aliphatic heterocycles. The first-order chi connectivity index (χ1) is 5.87. The third-order valence-electron chi connectivity index (χ3n) is 1.43. The van der Waals surface area contributed by atoms with Crippen LogP contribution < -0.4 is 5.73 Å². The average Bonchev–Trinajstić information content (AvgIpc) is 1.95. The summed E-state index contributed by atoms with van der Waals surface area (Å²) in [5.41, 5.74) is 5.20. The second-order valence-corrected chi connectivity index (χ2v) is 6.50. The number of amidine groups is 1. The summed E-state index contributed by atoms with van der Waals surface area (Å²) in [5, 5.41) is 6.57. The quantitative estimate of drug-likeness (QED) is 0.310. The lowest BCUT2D eigenvalue weighted by atomic mass is 10.2. The topological polar surface area (TPSA) is 107 Å².